The first-order valence-electron chi connectivity index (χ1n) is 15.3. The van der Waals surface area contributed by atoms with Crippen molar-refractivity contribution in [1.82, 2.24) is 24.2 Å². The predicted molar refractivity (Wildman–Crippen MR) is 186 cm³/mol. The summed E-state index contributed by atoms with van der Waals surface area (Å²) in [6.07, 6.45) is 6.16. The SMILES string of the molecule is CN(C)CC=CC(=O)Nc1cccc(Nc2nc(-c3cccc(-n4ncc5cc(C(C)(C)C)cc(F)c5c4=O)c3CO)cn(C)c2=O)c1. The van der Waals surface area contributed by atoms with Crippen LogP contribution in [0.15, 0.2) is 88.7 Å². The molecule has 5 rings (SSSR count). The number of aromatic nitrogens is 4. The number of nitrogens with one attached hydrogen (secondary N) is 2. The van der Waals surface area contributed by atoms with Crippen LogP contribution in [0.3, 0.4) is 0 Å². The van der Waals surface area contributed by atoms with Crippen LogP contribution in [0.4, 0.5) is 21.6 Å². The third-order valence-electron chi connectivity index (χ3n) is 7.72. The number of nitrogens with zero attached hydrogens (tertiary/aromatic N) is 5. The summed E-state index contributed by atoms with van der Waals surface area (Å²) >= 11 is 0. The second-order valence-electron chi connectivity index (χ2n) is 12.7. The van der Waals surface area contributed by atoms with Crippen molar-refractivity contribution in [1.29, 1.82) is 0 Å². The molecule has 0 aliphatic carbocycles. The lowest BCUT2D eigenvalue weighted by Gasteiger charge is -2.20. The first-order chi connectivity index (χ1) is 22.8. The Hall–Kier alpha value is -5.46. The van der Waals surface area contributed by atoms with Crippen LogP contribution in [0.1, 0.15) is 31.9 Å². The highest BCUT2D eigenvalue weighted by Gasteiger charge is 2.21. The third-order valence-corrected chi connectivity index (χ3v) is 7.72. The fourth-order valence-corrected chi connectivity index (χ4v) is 5.20. The summed E-state index contributed by atoms with van der Waals surface area (Å²) in [6, 6.07) is 15.0. The van der Waals surface area contributed by atoms with E-state index in [-0.39, 0.29) is 28.2 Å². The standard InChI is InChI=1S/C36H38FN7O4/c1-36(2,3)23-16-22-19-38-44(34(47)32(22)28(37)17-23)30-13-8-12-26(27(30)21-45)29-20-43(6)35(48)33(41-29)40-25-11-7-10-24(18-25)39-31(46)14-9-15-42(4)5/h7-14,16-20,45H,15,21H2,1-6H3,(H,39,46)(H,40,41). The minimum absolute atomic E-state index is 0.00336. The highest BCUT2D eigenvalue weighted by molar-refractivity contribution is 5.99. The van der Waals surface area contributed by atoms with Crippen LogP contribution in [0.5, 0.6) is 0 Å². The van der Waals surface area contributed by atoms with Gasteiger partial charge in [-0.25, -0.2) is 9.37 Å². The Balaban J connectivity index is 1.51. The van der Waals surface area contributed by atoms with Gasteiger partial charge in [-0.05, 0) is 61.5 Å². The molecule has 0 aliphatic heterocycles. The number of likely N-dealkylation sites (N-methyl/N-ethyl adjacent to an activating group) is 1. The van der Waals surface area contributed by atoms with Crippen LogP contribution >= 0.6 is 0 Å². The molecule has 0 unspecified atom stereocenters. The summed E-state index contributed by atoms with van der Waals surface area (Å²) < 4.78 is 17.8. The molecule has 11 nitrogen and oxygen atoms in total. The Bertz CT molecular complexity index is 2160. The molecule has 12 heteroatoms. The molecule has 1 amide bonds. The van der Waals surface area contributed by atoms with Gasteiger partial charge in [0, 0.05) is 53.8 Å². The van der Waals surface area contributed by atoms with Crippen molar-refractivity contribution in [3.8, 4) is 16.9 Å². The highest BCUT2D eigenvalue weighted by atomic mass is 19.1. The van der Waals surface area contributed by atoms with Crippen LogP contribution in [-0.2, 0) is 23.9 Å². The Morgan fingerprint density at radius 1 is 1.04 bits per heavy atom. The van der Waals surface area contributed by atoms with E-state index in [0.717, 1.165) is 10.2 Å². The Labute approximate surface area is 277 Å². The Morgan fingerprint density at radius 2 is 1.77 bits per heavy atom. The van der Waals surface area contributed by atoms with Gasteiger partial charge in [-0.1, -0.05) is 45.0 Å². The summed E-state index contributed by atoms with van der Waals surface area (Å²) in [7, 11) is 5.38. The van der Waals surface area contributed by atoms with Crippen molar-refractivity contribution < 1.29 is 14.3 Å². The fraction of sp³-hybridized carbons (Fsp3) is 0.250. The van der Waals surface area contributed by atoms with Crippen LogP contribution in [0.25, 0.3) is 27.7 Å². The van der Waals surface area contributed by atoms with Crippen LogP contribution in [-0.4, -0.2) is 55.9 Å². The number of amides is 1. The van der Waals surface area contributed by atoms with Crippen LogP contribution in [0, 0.1) is 5.82 Å². The summed E-state index contributed by atoms with van der Waals surface area (Å²) in [5.74, 6) is -0.949. The van der Waals surface area contributed by atoms with Crippen LogP contribution < -0.4 is 21.8 Å². The summed E-state index contributed by atoms with van der Waals surface area (Å²) in [5.41, 5.74) is 1.66. The normalized spacial score (nSPS) is 11.9. The van der Waals surface area contributed by atoms with Gasteiger partial charge in [-0.2, -0.15) is 9.78 Å². The number of hydrogen-bond donors (Lipinski definition) is 3. The number of benzene rings is 3. The molecule has 5 aromatic rings. The molecule has 248 valence electrons. The number of aliphatic hydroxyl groups is 1. The molecular weight excluding hydrogens is 613 g/mol. The van der Waals surface area contributed by atoms with Gasteiger partial charge in [0.15, 0.2) is 5.82 Å². The molecule has 0 radical (unpaired) electrons. The molecule has 0 fully saturated rings. The Morgan fingerprint density at radius 3 is 2.48 bits per heavy atom. The van der Waals surface area contributed by atoms with E-state index < -0.39 is 23.5 Å². The molecule has 0 bridgehead atoms. The highest BCUT2D eigenvalue weighted by Crippen LogP contribution is 2.30. The van der Waals surface area contributed by atoms with E-state index in [1.54, 1.807) is 61.7 Å². The number of hydrogen-bond acceptors (Lipinski definition) is 8. The molecule has 0 saturated heterocycles. The summed E-state index contributed by atoms with van der Waals surface area (Å²) in [4.78, 5) is 45.6. The minimum Gasteiger partial charge on any atom is -0.392 e. The molecule has 2 heterocycles. The van der Waals surface area contributed by atoms with Crippen molar-refractivity contribution in [2.24, 2.45) is 7.05 Å². The van der Waals surface area contributed by atoms with Crippen molar-refractivity contribution in [3.63, 3.8) is 0 Å². The molecule has 2 aromatic heterocycles. The van der Waals surface area contributed by atoms with Crippen molar-refractivity contribution in [2.75, 3.05) is 31.3 Å². The zero-order valence-corrected chi connectivity index (χ0v) is 27.7. The van der Waals surface area contributed by atoms with Crippen molar-refractivity contribution in [3.05, 3.63) is 117 Å². The first kappa shape index (κ1) is 33.9. The van der Waals surface area contributed by atoms with E-state index in [9.17, 15) is 19.5 Å². The lowest BCUT2D eigenvalue weighted by Crippen LogP contribution is -2.24. The molecule has 0 atom stereocenters. The average Bonchev–Trinajstić information content (AvgIpc) is 3.02. The maximum absolute atomic E-state index is 15.4. The quantitative estimate of drug-likeness (QED) is 0.192. The largest absolute Gasteiger partial charge is 0.392 e. The second kappa shape index (κ2) is 13.7. The maximum Gasteiger partial charge on any atom is 0.293 e. The van der Waals surface area contributed by atoms with Crippen molar-refractivity contribution >= 4 is 33.9 Å². The van der Waals surface area contributed by atoms with E-state index in [1.807, 2.05) is 39.8 Å². The number of rotatable bonds is 9. The van der Waals surface area contributed by atoms with E-state index >= 15 is 4.39 Å². The molecule has 3 N–H and O–H groups in total. The van der Waals surface area contributed by atoms with E-state index in [4.69, 9.17) is 0 Å². The van der Waals surface area contributed by atoms with Gasteiger partial charge < -0.3 is 25.2 Å². The number of anilines is 3. The monoisotopic (exact) mass is 651 g/mol. The first-order valence-corrected chi connectivity index (χ1v) is 15.3. The third kappa shape index (κ3) is 7.24. The molecule has 48 heavy (non-hydrogen) atoms. The van der Waals surface area contributed by atoms with Gasteiger partial charge in [0.2, 0.25) is 5.91 Å². The summed E-state index contributed by atoms with van der Waals surface area (Å²) in [6.45, 7) is 5.99. The topological polar surface area (TPSA) is 134 Å². The number of aryl methyl sites for hydroxylation is 1. The van der Waals surface area contributed by atoms with Gasteiger partial charge in [-0.3, -0.25) is 14.4 Å². The minimum atomic E-state index is -0.673. The van der Waals surface area contributed by atoms with E-state index in [0.29, 0.717) is 40.1 Å². The zero-order chi connectivity index (χ0) is 34.7. The van der Waals surface area contributed by atoms with Crippen molar-refractivity contribution in [2.45, 2.75) is 32.8 Å². The van der Waals surface area contributed by atoms with Gasteiger partial charge in [0.25, 0.3) is 11.1 Å². The lowest BCUT2D eigenvalue weighted by molar-refractivity contribution is -0.111. The van der Waals surface area contributed by atoms with E-state index in [2.05, 4.69) is 20.7 Å². The maximum atomic E-state index is 15.4. The molecule has 3 aromatic carbocycles. The second-order valence-corrected chi connectivity index (χ2v) is 12.7. The predicted octanol–water partition coefficient (Wildman–Crippen LogP) is 4.88. The van der Waals surface area contributed by atoms with E-state index in [1.165, 1.54) is 29.1 Å². The molecular formula is C36H38FN7O4. The molecule has 0 aliphatic rings. The van der Waals surface area contributed by atoms with Gasteiger partial charge in [-0.15, -0.1) is 0 Å². The lowest BCUT2D eigenvalue weighted by atomic mass is 9.86. The number of halogens is 1. The molecule has 0 saturated carbocycles. The van der Waals surface area contributed by atoms with Gasteiger partial charge in [0.1, 0.15) is 5.82 Å². The number of carbonyl (C=O) groups excluding carboxylic acids is 1. The van der Waals surface area contributed by atoms with Gasteiger partial charge in [0.05, 0.1) is 29.6 Å². The fourth-order valence-electron chi connectivity index (χ4n) is 5.20. The van der Waals surface area contributed by atoms with Crippen LogP contribution in [0.2, 0.25) is 0 Å². The summed E-state index contributed by atoms with van der Waals surface area (Å²) in [5, 5.41) is 21.0. The smallest absolute Gasteiger partial charge is 0.293 e. The number of fused-ring (bicyclic) bond motifs is 1. The molecule has 0 spiro atoms. The number of carbonyl (C=O) groups is 1. The average molecular weight is 652 g/mol. The zero-order valence-electron chi connectivity index (χ0n) is 27.7. The van der Waals surface area contributed by atoms with Gasteiger partial charge >= 0.3 is 0 Å². The Kier molecular flexibility index (Phi) is 9.69. The number of aliphatic hydroxyl groups excluding tert-OH is 1.